The summed E-state index contributed by atoms with van der Waals surface area (Å²) in [5.41, 5.74) is -0.727. The van der Waals surface area contributed by atoms with Crippen LogP contribution in [0.1, 0.15) is 39.7 Å². The monoisotopic (exact) mass is 417 g/mol. The van der Waals surface area contributed by atoms with Crippen molar-refractivity contribution in [3.8, 4) is 0 Å². The fourth-order valence-corrected chi connectivity index (χ4v) is 2.62. The second kappa shape index (κ2) is 10.1. The van der Waals surface area contributed by atoms with E-state index in [1.54, 1.807) is 13.8 Å². The fraction of sp³-hybridized carbons (Fsp3) is 0.526. The summed E-state index contributed by atoms with van der Waals surface area (Å²) in [5, 5.41) is 13.9. The molecule has 0 bridgehead atoms. The predicted octanol–water partition coefficient (Wildman–Crippen LogP) is 3.56. The summed E-state index contributed by atoms with van der Waals surface area (Å²) in [5.74, 6) is -1.70. The third kappa shape index (κ3) is 8.00. The van der Waals surface area contributed by atoms with E-state index in [0.717, 1.165) is 29.2 Å². The second-order valence-electron chi connectivity index (χ2n) is 7.31. The number of carboxylic acid groups (broad SMARTS) is 1. The topological polar surface area (TPSA) is 98.7 Å². The van der Waals surface area contributed by atoms with Crippen LogP contribution in [-0.4, -0.2) is 46.5 Å². The van der Waals surface area contributed by atoms with Gasteiger partial charge in [0.25, 0.3) is 0 Å². The molecule has 1 rings (SSSR count). The lowest BCUT2D eigenvalue weighted by atomic mass is 10.0. The Hall–Kier alpha value is -2.78. The summed E-state index contributed by atoms with van der Waals surface area (Å²) in [7, 11) is 0. The zero-order valence-corrected chi connectivity index (χ0v) is 16.7. The first kappa shape index (κ1) is 24.3. The first-order valence-corrected chi connectivity index (χ1v) is 9.08. The number of nitrogens with one attached hydrogen (secondary N) is 2. The van der Waals surface area contributed by atoms with Crippen LogP contribution in [0, 0.1) is 5.92 Å². The quantitative estimate of drug-likeness (QED) is 0.602. The highest BCUT2D eigenvalue weighted by Gasteiger charge is 2.31. The maximum atomic E-state index is 12.8. The molecule has 3 amide bonds. The number of anilines is 1. The van der Waals surface area contributed by atoms with Gasteiger partial charge in [-0.2, -0.15) is 13.2 Å². The number of nitrogens with zero attached hydrogens (tertiary/aromatic N) is 1. The van der Waals surface area contributed by atoms with Crippen LogP contribution in [0.15, 0.2) is 24.3 Å². The highest BCUT2D eigenvalue weighted by Crippen LogP contribution is 2.29. The van der Waals surface area contributed by atoms with E-state index in [1.807, 2.05) is 13.8 Å². The Morgan fingerprint density at radius 1 is 1.07 bits per heavy atom. The number of alkyl halides is 3. The molecular weight excluding hydrogens is 391 g/mol. The Kier molecular flexibility index (Phi) is 8.47. The summed E-state index contributed by atoms with van der Waals surface area (Å²) in [4.78, 5) is 37.3. The van der Waals surface area contributed by atoms with E-state index in [4.69, 9.17) is 5.11 Å². The number of urea groups is 1. The first-order chi connectivity index (χ1) is 13.3. The van der Waals surface area contributed by atoms with Crippen molar-refractivity contribution in [3.05, 3.63) is 29.8 Å². The maximum Gasteiger partial charge on any atom is 0.416 e. The summed E-state index contributed by atoms with van der Waals surface area (Å²) in [6, 6.07) is 1.72. The molecule has 0 saturated carbocycles. The van der Waals surface area contributed by atoms with E-state index < -0.39 is 48.3 Å². The Morgan fingerprint density at radius 2 is 1.62 bits per heavy atom. The number of carbonyl (C=O) groups excluding carboxylic acids is 2. The van der Waals surface area contributed by atoms with Crippen molar-refractivity contribution in [1.29, 1.82) is 0 Å². The average molecular weight is 417 g/mol. The van der Waals surface area contributed by atoms with Crippen LogP contribution in [-0.2, 0) is 15.8 Å². The molecule has 0 saturated heterocycles. The average Bonchev–Trinajstić information content (AvgIpc) is 2.57. The van der Waals surface area contributed by atoms with Gasteiger partial charge in [-0.05, 0) is 50.5 Å². The molecule has 3 N–H and O–H groups in total. The SMILES string of the molecule is CC(C)CC(NC(=O)Nc1ccc(C(F)(F)F)cc1)C(=O)N(CC(=O)O)C(C)C. The third-order valence-electron chi connectivity index (χ3n) is 3.99. The standard InChI is InChI=1S/C19H26F3N3O4/c1-11(2)9-15(17(28)25(12(3)4)10-16(26)27)24-18(29)23-14-7-5-13(6-8-14)19(20,21)22/h5-8,11-12,15H,9-10H2,1-4H3,(H,26,27)(H2,23,24,29). The molecule has 0 aromatic heterocycles. The van der Waals surface area contributed by atoms with E-state index in [2.05, 4.69) is 10.6 Å². The summed E-state index contributed by atoms with van der Waals surface area (Å²) in [6.07, 6.45) is -4.22. The van der Waals surface area contributed by atoms with Crippen LogP contribution in [0.5, 0.6) is 0 Å². The predicted molar refractivity (Wildman–Crippen MR) is 101 cm³/mol. The highest BCUT2D eigenvalue weighted by atomic mass is 19.4. The molecule has 1 aromatic rings. The number of carbonyl (C=O) groups is 3. The molecule has 0 radical (unpaired) electrons. The van der Waals surface area contributed by atoms with Gasteiger partial charge in [0.1, 0.15) is 12.6 Å². The van der Waals surface area contributed by atoms with Gasteiger partial charge in [0.05, 0.1) is 5.56 Å². The lowest BCUT2D eigenvalue weighted by molar-refractivity contribution is -0.146. The molecule has 29 heavy (non-hydrogen) atoms. The molecule has 10 heteroatoms. The normalized spacial score (nSPS) is 12.6. The molecule has 1 atom stereocenters. The number of amides is 3. The number of aliphatic carboxylic acids is 1. The molecule has 0 aliphatic carbocycles. The molecule has 0 fully saturated rings. The molecule has 162 valence electrons. The maximum absolute atomic E-state index is 12.8. The van der Waals surface area contributed by atoms with Gasteiger partial charge in [0, 0.05) is 11.7 Å². The van der Waals surface area contributed by atoms with Gasteiger partial charge in [-0.1, -0.05) is 13.8 Å². The van der Waals surface area contributed by atoms with Crippen LogP contribution in [0.25, 0.3) is 0 Å². The second-order valence-corrected chi connectivity index (χ2v) is 7.31. The van der Waals surface area contributed by atoms with Crippen molar-refractivity contribution in [1.82, 2.24) is 10.2 Å². The minimum atomic E-state index is -4.49. The summed E-state index contributed by atoms with van der Waals surface area (Å²) in [6.45, 7) is 6.50. The van der Waals surface area contributed by atoms with Gasteiger partial charge in [0.2, 0.25) is 5.91 Å². The van der Waals surface area contributed by atoms with Crippen LogP contribution < -0.4 is 10.6 Å². The van der Waals surface area contributed by atoms with E-state index in [1.165, 1.54) is 0 Å². The highest BCUT2D eigenvalue weighted by molar-refractivity contribution is 5.94. The minimum absolute atomic E-state index is 0.0224. The van der Waals surface area contributed by atoms with Crippen molar-refractivity contribution in [2.24, 2.45) is 5.92 Å². The van der Waals surface area contributed by atoms with Gasteiger partial charge < -0.3 is 20.6 Å². The largest absolute Gasteiger partial charge is 0.480 e. The Labute approximate surface area is 167 Å². The van der Waals surface area contributed by atoms with Crippen molar-refractivity contribution >= 4 is 23.6 Å². The zero-order chi connectivity index (χ0) is 22.4. The minimum Gasteiger partial charge on any atom is -0.480 e. The van der Waals surface area contributed by atoms with Gasteiger partial charge >= 0.3 is 18.2 Å². The van der Waals surface area contributed by atoms with E-state index in [0.29, 0.717) is 0 Å². The van der Waals surface area contributed by atoms with Gasteiger partial charge in [-0.25, -0.2) is 4.79 Å². The molecule has 0 spiro atoms. The number of hydrogen-bond acceptors (Lipinski definition) is 3. The third-order valence-corrected chi connectivity index (χ3v) is 3.99. The Morgan fingerprint density at radius 3 is 2.03 bits per heavy atom. The number of hydrogen-bond donors (Lipinski definition) is 3. The van der Waals surface area contributed by atoms with Gasteiger partial charge in [0.15, 0.2) is 0 Å². The zero-order valence-electron chi connectivity index (χ0n) is 16.7. The fourth-order valence-electron chi connectivity index (χ4n) is 2.62. The van der Waals surface area contributed by atoms with Crippen molar-refractivity contribution in [2.75, 3.05) is 11.9 Å². The number of halogens is 3. The smallest absolute Gasteiger partial charge is 0.416 e. The van der Waals surface area contributed by atoms with Crippen LogP contribution in [0.3, 0.4) is 0 Å². The van der Waals surface area contributed by atoms with E-state index >= 15 is 0 Å². The summed E-state index contributed by atoms with van der Waals surface area (Å²) >= 11 is 0. The number of carboxylic acids is 1. The van der Waals surface area contributed by atoms with E-state index in [-0.39, 0.29) is 18.0 Å². The number of rotatable bonds is 8. The Balaban J connectivity index is 2.90. The van der Waals surface area contributed by atoms with Crippen LogP contribution in [0.2, 0.25) is 0 Å². The molecule has 1 aromatic carbocycles. The van der Waals surface area contributed by atoms with Crippen molar-refractivity contribution < 1.29 is 32.7 Å². The molecule has 1 unspecified atom stereocenters. The molecule has 0 aliphatic rings. The van der Waals surface area contributed by atoms with E-state index in [9.17, 15) is 27.6 Å². The Bertz CT molecular complexity index is 718. The van der Waals surface area contributed by atoms with Gasteiger partial charge in [-0.3, -0.25) is 9.59 Å². The molecule has 7 nitrogen and oxygen atoms in total. The van der Waals surface area contributed by atoms with Crippen LogP contribution >= 0.6 is 0 Å². The van der Waals surface area contributed by atoms with Crippen LogP contribution in [0.4, 0.5) is 23.7 Å². The number of benzene rings is 1. The summed E-state index contributed by atoms with van der Waals surface area (Å²) < 4.78 is 37.8. The van der Waals surface area contributed by atoms with Crippen molar-refractivity contribution in [3.63, 3.8) is 0 Å². The molecule has 0 aliphatic heterocycles. The lowest BCUT2D eigenvalue weighted by Crippen LogP contribution is -2.53. The molecule has 0 heterocycles. The lowest BCUT2D eigenvalue weighted by Gasteiger charge is -2.30. The van der Waals surface area contributed by atoms with Gasteiger partial charge in [-0.15, -0.1) is 0 Å². The van der Waals surface area contributed by atoms with Crippen molar-refractivity contribution in [2.45, 2.75) is 52.4 Å². The molecular formula is C19H26F3N3O4. The first-order valence-electron chi connectivity index (χ1n) is 9.08.